The number of rotatable bonds is 3. The molecule has 1 saturated carbocycles. The Bertz CT molecular complexity index is 1120. The molecule has 2 aromatic heterocycles. The summed E-state index contributed by atoms with van der Waals surface area (Å²) in [5, 5.41) is 3.86. The summed E-state index contributed by atoms with van der Waals surface area (Å²) in [5.41, 5.74) is -0.615. The van der Waals surface area contributed by atoms with Crippen molar-refractivity contribution in [1.29, 1.82) is 0 Å². The highest BCUT2D eigenvalue weighted by molar-refractivity contribution is 7.17. The number of pyridine rings is 1. The molecule has 8 nitrogen and oxygen atoms in total. The number of amides is 2. The molecule has 1 aliphatic carbocycles. The Morgan fingerprint density at radius 2 is 1.91 bits per heavy atom. The molecule has 3 fully saturated rings. The topological polar surface area (TPSA) is 78.0 Å². The molecular weight excluding hydrogens is 471 g/mol. The molecule has 4 heterocycles. The number of fused-ring (bicyclic) bond motifs is 2. The number of hydrogen-bond donors (Lipinski definition) is 1. The minimum absolute atomic E-state index is 0.0516. The van der Waals surface area contributed by atoms with E-state index in [9.17, 15) is 22.8 Å². The molecule has 0 aromatic carbocycles. The van der Waals surface area contributed by atoms with Crippen LogP contribution in [0.5, 0.6) is 0 Å². The van der Waals surface area contributed by atoms with Crippen LogP contribution in [0, 0.1) is 0 Å². The lowest BCUT2D eigenvalue weighted by atomic mass is 10.1. The van der Waals surface area contributed by atoms with Gasteiger partial charge in [-0.25, -0.2) is 9.78 Å². The van der Waals surface area contributed by atoms with Crippen LogP contribution in [0.25, 0.3) is 10.2 Å². The lowest BCUT2D eigenvalue weighted by Crippen LogP contribution is -2.49. The summed E-state index contributed by atoms with van der Waals surface area (Å²) in [6.07, 6.45) is -3.18. The van der Waals surface area contributed by atoms with Gasteiger partial charge >= 0.3 is 12.3 Å². The number of hydrogen-bond acceptors (Lipinski definition) is 7. The zero-order valence-electron chi connectivity index (χ0n) is 18.9. The van der Waals surface area contributed by atoms with E-state index in [0.29, 0.717) is 38.5 Å². The third-order valence-corrected chi connectivity index (χ3v) is 7.94. The molecule has 2 amide bonds. The summed E-state index contributed by atoms with van der Waals surface area (Å²) in [7, 11) is 3.49. The van der Waals surface area contributed by atoms with Crippen molar-refractivity contribution in [1.82, 2.24) is 20.1 Å². The molecule has 1 N–H and O–H groups in total. The van der Waals surface area contributed by atoms with Crippen LogP contribution < -0.4 is 10.2 Å². The van der Waals surface area contributed by atoms with Crippen LogP contribution >= 0.6 is 11.3 Å². The summed E-state index contributed by atoms with van der Waals surface area (Å²) in [6.45, 7) is 2.28. The van der Waals surface area contributed by atoms with Crippen LogP contribution in [0.2, 0.25) is 0 Å². The van der Waals surface area contributed by atoms with Gasteiger partial charge in [0.05, 0.1) is 27.4 Å². The molecule has 0 radical (unpaired) electrons. The zero-order chi connectivity index (χ0) is 24.2. The number of piperidine rings is 1. The SMILES string of the molecule is CNC(=O)c1csc2c(C(F)(F)F)cc(N3CCC(OC(=O)N4CCN(C)[C@@H]5C[C@@H]54)CC3)nc12. The second-order valence-corrected chi connectivity index (χ2v) is 9.93. The van der Waals surface area contributed by atoms with E-state index in [0.717, 1.165) is 30.4 Å². The van der Waals surface area contributed by atoms with Gasteiger partial charge in [0, 0.05) is 57.5 Å². The quantitative estimate of drug-likeness (QED) is 0.702. The minimum atomic E-state index is -4.57. The minimum Gasteiger partial charge on any atom is -0.446 e. The molecule has 2 aliphatic heterocycles. The Hall–Kier alpha value is -2.60. The molecule has 12 heteroatoms. The van der Waals surface area contributed by atoms with Gasteiger partial charge in [0.2, 0.25) is 0 Å². The average Bonchev–Trinajstić information content (AvgIpc) is 3.50. The predicted molar refractivity (Wildman–Crippen MR) is 121 cm³/mol. The monoisotopic (exact) mass is 497 g/mol. The highest BCUT2D eigenvalue weighted by Gasteiger charge is 2.50. The number of ether oxygens (including phenoxy) is 1. The fourth-order valence-electron chi connectivity index (χ4n) is 4.88. The summed E-state index contributed by atoms with van der Waals surface area (Å²) in [4.78, 5) is 35.1. The van der Waals surface area contributed by atoms with Gasteiger partial charge in [0.15, 0.2) is 0 Å². The lowest BCUT2D eigenvalue weighted by Gasteiger charge is -2.35. The highest BCUT2D eigenvalue weighted by atomic mass is 32.1. The smallest absolute Gasteiger partial charge is 0.417 e. The number of nitrogens with zero attached hydrogens (tertiary/aromatic N) is 4. The van der Waals surface area contributed by atoms with E-state index in [-0.39, 0.29) is 39.8 Å². The van der Waals surface area contributed by atoms with Gasteiger partial charge < -0.3 is 19.9 Å². The fraction of sp³-hybridized carbons (Fsp3) is 0.591. The van der Waals surface area contributed by atoms with Gasteiger partial charge in [-0.3, -0.25) is 9.69 Å². The number of halogens is 3. The summed E-state index contributed by atoms with van der Waals surface area (Å²) in [5.74, 6) is -0.301. The first-order valence-electron chi connectivity index (χ1n) is 11.3. The Balaban J connectivity index is 1.29. The number of likely N-dealkylation sites (N-methyl/N-ethyl adjacent to an activating group) is 1. The number of alkyl halides is 3. The van der Waals surface area contributed by atoms with Crippen LogP contribution in [0.4, 0.5) is 23.8 Å². The van der Waals surface area contributed by atoms with Gasteiger partial charge in [0.1, 0.15) is 11.9 Å². The van der Waals surface area contributed by atoms with Crippen molar-refractivity contribution in [3.05, 3.63) is 22.6 Å². The number of carbonyl (C=O) groups excluding carboxylic acids is 2. The first-order valence-corrected chi connectivity index (χ1v) is 12.2. The van der Waals surface area contributed by atoms with Crippen LogP contribution in [-0.4, -0.2) is 85.2 Å². The molecule has 0 spiro atoms. The number of carbonyl (C=O) groups is 2. The van der Waals surface area contributed by atoms with E-state index in [4.69, 9.17) is 4.74 Å². The third-order valence-electron chi connectivity index (χ3n) is 6.94. The van der Waals surface area contributed by atoms with E-state index in [1.165, 1.54) is 12.4 Å². The maximum Gasteiger partial charge on any atom is 0.417 e. The predicted octanol–water partition coefficient (Wildman–Crippen LogP) is 3.17. The van der Waals surface area contributed by atoms with Crippen molar-refractivity contribution in [2.75, 3.05) is 45.2 Å². The molecule has 3 aliphatic rings. The van der Waals surface area contributed by atoms with E-state index >= 15 is 0 Å². The van der Waals surface area contributed by atoms with Crippen LogP contribution in [0.3, 0.4) is 0 Å². The molecule has 0 bridgehead atoms. The van der Waals surface area contributed by atoms with E-state index in [1.54, 1.807) is 9.80 Å². The third kappa shape index (κ3) is 4.17. The maximum atomic E-state index is 13.8. The standard InChI is InChI=1S/C22H26F3N5O3S/c1-26-20(31)13-11-34-19-14(22(23,24)25)9-17(27-18(13)19)29-5-3-12(4-6-29)33-21(32)30-8-7-28(2)15-10-16(15)30/h9,11-12,15-16H,3-8,10H2,1-2H3,(H,26,31)/t15-,16+/m1/s1. The summed E-state index contributed by atoms with van der Waals surface area (Å²) in [6, 6.07) is 1.70. The van der Waals surface area contributed by atoms with E-state index < -0.39 is 17.6 Å². The molecule has 2 aromatic rings. The Labute approximate surface area is 198 Å². The molecule has 0 unspecified atom stereocenters. The zero-order valence-corrected chi connectivity index (χ0v) is 19.7. The number of thiophene rings is 1. The molecule has 2 atom stereocenters. The Morgan fingerprint density at radius 1 is 1.18 bits per heavy atom. The average molecular weight is 498 g/mol. The first kappa shape index (κ1) is 23.2. The molecule has 34 heavy (non-hydrogen) atoms. The molecule has 2 saturated heterocycles. The van der Waals surface area contributed by atoms with Crippen molar-refractivity contribution in [2.24, 2.45) is 0 Å². The van der Waals surface area contributed by atoms with Gasteiger partial charge in [-0.1, -0.05) is 0 Å². The lowest BCUT2D eigenvalue weighted by molar-refractivity contribution is -0.136. The number of aromatic nitrogens is 1. The molecule has 184 valence electrons. The van der Waals surface area contributed by atoms with E-state index in [1.807, 2.05) is 0 Å². The summed E-state index contributed by atoms with van der Waals surface area (Å²) >= 11 is 0.864. The second kappa shape index (κ2) is 8.56. The van der Waals surface area contributed by atoms with Gasteiger partial charge in [-0.2, -0.15) is 13.2 Å². The summed E-state index contributed by atoms with van der Waals surface area (Å²) < 4.78 is 47.1. The van der Waals surface area contributed by atoms with Crippen LogP contribution in [0.1, 0.15) is 35.2 Å². The van der Waals surface area contributed by atoms with Crippen molar-refractivity contribution >= 4 is 39.4 Å². The second-order valence-electron chi connectivity index (χ2n) is 9.05. The van der Waals surface area contributed by atoms with Crippen molar-refractivity contribution in [3.63, 3.8) is 0 Å². The largest absolute Gasteiger partial charge is 0.446 e. The highest BCUT2D eigenvalue weighted by Crippen LogP contribution is 2.41. The van der Waals surface area contributed by atoms with Crippen molar-refractivity contribution in [3.8, 4) is 0 Å². The van der Waals surface area contributed by atoms with E-state index in [2.05, 4.69) is 22.2 Å². The van der Waals surface area contributed by atoms with Crippen molar-refractivity contribution in [2.45, 2.75) is 43.6 Å². The normalized spacial score (nSPS) is 23.7. The van der Waals surface area contributed by atoms with Gasteiger partial charge in [0.25, 0.3) is 5.91 Å². The van der Waals surface area contributed by atoms with Crippen molar-refractivity contribution < 1.29 is 27.5 Å². The maximum absolute atomic E-state index is 13.8. The molecular formula is C22H26F3N5O3S. The van der Waals surface area contributed by atoms with Crippen LogP contribution in [0.15, 0.2) is 11.4 Å². The number of nitrogens with one attached hydrogen (secondary N) is 1. The van der Waals surface area contributed by atoms with Gasteiger partial charge in [-0.05, 0) is 19.5 Å². The fourth-order valence-corrected chi connectivity index (χ4v) is 5.90. The number of anilines is 1. The first-order chi connectivity index (χ1) is 16.2. The Morgan fingerprint density at radius 3 is 2.59 bits per heavy atom. The van der Waals surface area contributed by atoms with Crippen LogP contribution in [-0.2, 0) is 10.9 Å². The Kier molecular flexibility index (Phi) is 5.83. The number of piperazine rings is 1. The molecule has 5 rings (SSSR count). The van der Waals surface area contributed by atoms with Gasteiger partial charge in [-0.15, -0.1) is 11.3 Å².